The van der Waals surface area contributed by atoms with Gasteiger partial charge < -0.3 is 21.3 Å². The molecule has 1 amide bonds. The second-order valence-electron chi connectivity index (χ2n) is 5.04. The maximum atomic E-state index is 11.7. The zero-order valence-electron chi connectivity index (χ0n) is 10.1. The minimum absolute atomic E-state index is 0.00245. The number of nitrogens with one attached hydrogen (secondary N) is 1. The number of aliphatic carboxylic acids is 1. The van der Waals surface area contributed by atoms with E-state index in [0.29, 0.717) is 12.8 Å². The fourth-order valence-electron chi connectivity index (χ4n) is 1.87. The molecule has 6 heteroatoms. The summed E-state index contributed by atoms with van der Waals surface area (Å²) in [5.74, 6) is -1.41. The van der Waals surface area contributed by atoms with E-state index in [4.69, 9.17) is 10.8 Å². The van der Waals surface area contributed by atoms with E-state index in [1.807, 2.05) is 13.8 Å². The lowest BCUT2D eigenvalue weighted by molar-refractivity contribution is -0.152. The SMILES string of the molecule is CC(C)[C@H](N)C(=O)N[C@H]1CC[C@]1(O)CC(=O)O. The molecule has 5 N–H and O–H groups in total. The molecule has 0 bridgehead atoms. The molecule has 1 aliphatic rings. The normalized spacial score (nSPS) is 29.6. The highest BCUT2D eigenvalue weighted by Gasteiger charge is 2.47. The van der Waals surface area contributed by atoms with Gasteiger partial charge in [-0.25, -0.2) is 0 Å². The van der Waals surface area contributed by atoms with Crippen LogP contribution >= 0.6 is 0 Å². The third-order valence-electron chi connectivity index (χ3n) is 3.31. The van der Waals surface area contributed by atoms with Crippen LogP contribution in [0.25, 0.3) is 0 Å². The Morgan fingerprint density at radius 2 is 2.12 bits per heavy atom. The topological polar surface area (TPSA) is 113 Å². The van der Waals surface area contributed by atoms with E-state index in [0.717, 1.165) is 0 Å². The Morgan fingerprint density at radius 3 is 2.47 bits per heavy atom. The van der Waals surface area contributed by atoms with Crippen molar-refractivity contribution in [1.82, 2.24) is 5.32 Å². The van der Waals surface area contributed by atoms with E-state index in [1.54, 1.807) is 0 Å². The molecule has 3 atom stereocenters. The lowest BCUT2D eigenvalue weighted by Gasteiger charge is -2.45. The molecule has 17 heavy (non-hydrogen) atoms. The Hall–Kier alpha value is -1.14. The first-order valence-corrected chi connectivity index (χ1v) is 5.76. The summed E-state index contributed by atoms with van der Waals surface area (Å²) in [4.78, 5) is 22.3. The number of nitrogens with two attached hydrogens (primary N) is 1. The minimum atomic E-state index is -1.32. The van der Waals surface area contributed by atoms with Gasteiger partial charge in [-0.05, 0) is 18.8 Å². The van der Waals surface area contributed by atoms with Gasteiger partial charge in [-0.1, -0.05) is 13.8 Å². The van der Waals surface area contributed by atoms with Crippen LogP contribution < -0.4 is 11.1 Å². The van der Waals surface area contributed by atoms with Crippen molar-refractivity contribution in [2.75, 3.05) is 0 Å². The zero-order valence-corrected chi connectivity index (χ0v) is 10.1. The predicted molar refractivity (Wildman–Crippen MR) is 61.2 cm³/mol. The van der Waals surface area contributed by atoms with E-state index in [-0.39, 0.29) is 18.2 Å². The van der Waals surface area contributed by atoms with Crippen molar-refractivity contribution in [1.29, 1.82) is 0 Å². The summed E-state index contributed by atoms with van der Waals surface area (Å²) in [7, 11) is 0. The maximum absolute atomic E-state index is 11.7. The highest BCUT2D eigenvalue weighted by atomic mass is 16.4. The fraction of sp³-hybridized carbons (Fsp3) is 0.818. The van der Waals surface area contributed by atoms with Crippen molar-refractivity contribution in [2.24, 2.45) is 11.7 Å². The van der Waals surface area contributed by atoms with Crippen LogP contribution in [0.15, 0.2) is 0 Å². The molecule has 0 saturated heterocycles. The van der Waals surface area contributed by atoms with Crippen molar-refractivity contribution < 1.29 is 19.8 Å². The van der Waals surface area contributed by atoms with Crippen LogP contribution in [0.4, 0.5) is 0 Å². The van der Waals surface area contributed by atoms with E-state index in [2.05, 4.69) is 5.32 Å². The zero-order chi connectivity index (χ0) is 13.2. The number of carbonyl (C=O) groups excluding carboxylic acids is 1. The van der Waals surface area contributed by atoms with E-state index < -0.39 is 23.7 Å². The first kappa shape index (κ1) is 13.9. The van der Waals surface area contributed by atoms with Crippen LogP contribution in [0.1, 0.15) is 33.1 Å². The predicted octanol–water partition coefficient (Wildman–Crippen LogP) is -0.546. The lowest BCUT2D eigenvalue weighted by Crippen LogP contribution is -2.63. The number of hydrogen-bond acceptors (Lipinski definition) is 4. The van der Waals surface area contributed by atoms with Crippen molar-refractivity contribution in [3.05, 3.63) is 0 Å². The molecule has 1 fully saturated rings. The van der Waals surface area contributed by atoms with Gasteiger partial charge in [0.15, 0.2) is 0 Å². The number of aliphatic hydroxyl groups is 1. The number of carbonyl (C=O) groups is 2. The summed E-state index contributed by atoms with van der Waals surface area (Å²) >= 11 is 0. The van der Waals surface area contributed by atoms with Crippen molar-refractivity contribution in [3.63, 3.8) is 0 Å². The second kappa shape index (κ2) is 5.01. The summed E-state index contributed by atoms with van der Waals surface area (Å²) in [6.45, 7) is 3.66. The van der Waals surface area contributed by atoms with Crippen LogP contribution in [0.5, 0.6) is 0 Å². The molecule has 1 rings (SSSR count). The molecule has 0 unspecified atom stereocenters. The van der Waals surface area contributed by atoms with Crippen molar-refractivity contribution in [3.8, 4) is 0 Å². The lowest BCUT2D eigenvalue weighted by atomic mass is 9.72. The van der Waals surface area contributed by atoms with Crippen LogP contribution in [0.2, 0.25) is 0 Å². The Kier molecular flexibility index (Phi) is 4.11. The minimum Gasteiger partial charge on any atom is -0.481 e. The molecule has 0 heterocycles. The molecule has 0 aromatic rings. The van der Waals surface area contributed by atoms with Gasteiger partial charge in [0.1, 0.15) is 0 Å². The molecule has 0 spiro atoms. The van der Waals surface area contributed by atoms with E-state index in [1.165, 1.54) is 0 Å². The summed E-state index contributed by atoms with van der Waals surface area (Å²) in [6.07, 6.45) is 0.621. The third kappa shape index (κ3) is 3.17. The van der Waals surface area contributed by atoms with Crippen LogP contribution in [0, 0.1) is 5.92 Å². The molecule has 0 aliphatic heterocycles. The smallest absolute Gasteiger partial charge is 0.306 e. The standard InChI is InChI=1S/C11H20N2O4/c1-6(2)9(12)10(16)13-7-3-4-11(7,17)5-8(14)15/h6-7,9,17H,3-5,12H2,1-2H3,(H,13,16)(H,14,15)/t7-,9-,11-/m0/s1. The summed E-state index contributed by atoms with van der Waals surface area (Å²) < 4.78 is 0. The van der Waals surface area contributed by atoms with E-state index >= 15 is 0 Å². The number of hydrogen-bond donors (Lipinski definition) is 4. The number of carboxylic acids is 1. The first-order chi connectivity index (χ1) is 7.76. The molecule has 1 saturated carbocycles. The first-order valence-electron chi connectivity index (χ1n) is 5.76. The molecule has 6 nitrogen and oxygen atoms in total. The molecule has 0 radical (unpaired) electrons. The van der Waals surface area contributed by atoms with Crippen molar-refractivity contribution >= 4 is 11.9 Å². The Bertz CT molecular complexity index is 319. The highest BCUT2D eigenvalue weighted by molar-refractivity contribution is 5.82. The largest absolute Gasteiger partial charge is 0.481 e. The van der Waals surface area contributed by atoms with E-state index in [9.17, 15) is 14.7 Å². The van der Waals surface area contributed by atoms with Gasteiger partial charge in [0.2, 0.25) is 5.91 Å². The third-order valence-corrected chi connectivity index (χ3v) is 3.31. The fourth-order valence-corrected chi connectivity index (χ4v) is 1.87. The van der Waals surface area contributed by atoms with Gasteiger partial charge in [-0.2, -0.15) is 0 Å². The maximum Gasteiger partial charge on any atom is 0.306 e. The highest BCUT2D eigenvalue weighted by Crippen LogP contribution is 2.35. The van der Waals surface area contributed by atoms with Gasteiger partial charge in [0, 0.05) is 0 Å². The van der Waals surface area contributed by atoms with Crippen LogP contribution in [-0.2, 0) is 9.59 Å². The summed E-state index contributed by atoms with van der Waals surface area (Å²) in [5, 5.41) is 21.3. The Balaban J connectivity index is 2.53. The number of amides is 1. The monoisotopic (exact) mass is 244 g/mol. The van der Waals surface area contributed by atoms with Gasteiger partial charge in [0.25, 0.3) is 0 Å². The molecular weight excluding hydrogens is 224 g/mol. The van der Waals surface area contributed by atoms with Crippen LogP contribution in [0.3, 0.4) is 0 Å². The Morgan fingerprint density at radius 1 is 1.53 bits per heavy atom. The van der Waals surface area contributed by atoms with Gasteiger partial charge in [0.05, 0.1) is 24.1 Å². The molecule has 0 aromatic heterocycles. The molecule has 98 valence electrons. The Labute approximate surface area is 100 Å². The average molecular weight is 244 g/mol. The molecule has 0 aromatic carbocycles. The summed E-state index contributed by atoms with van der Waals surface area (Å²) in [6, 6.07) is -1.14. The average Bonchev–Trinajstić information content (AvgIpc) is 2.21. The van der Waals surface area contributed by atoms with Gasteiger partial charge in [-0.15, -0.1) is 0 Å². The van der Waals surface area contributed by atoms with Crippen molar-refractivity contribution in [2.45, 2.75) is 50.8 Å². The summed E-state index contributed by atoms with van der Waals surface area (Å²) in [5.41, 5.74) is 4.35. The van der Waals surface area contributed by atoms with Gasteiger partial charge in [-0.3, -0.25) is 9.59 Å². The van der Waals surface area contributed by atoms with Gasteiger partial charge >= 0.3 is 5.97 Å². The van der Waals surface area contributed by atoms with Crippen LogP contribution in [-0.4, -0.2) is 39.8 Å². The molecule has 1 aliphatic carbocycles. The quantitative estimate of drug-likeness (QED) is 0.518. The number of rotatable bonds is 5. The molecular formula is C11H20N2O4. The second-order valence-corrected chi connectivity index (χ2v) is 5.04. The number of carboxylic acid groups (broad SMARTS) is 1.